The van der Waals surface area contributed by atoms with E-state index in [-0.39, 0.29) is 17.0 Å². The molecular formula is C10H13NO5S. The van der Waals surface area contributed by atoms with Crippen LogP contribution in [0.5, 0.6) is 0 Å². The average molecular weight is 259 g/mol. The van der Waals surface area contributed by atoms with Crippen molar-refractivity contribution in [2.45, 2.75) is 17.9 Å². The number of aliphatic hydroxyl groups is 1. The molecule has 0 aromatic heterocycles. The van der Waals surface area contributed by atoms with Crippen LogP contribution in [-0.2, 0) is 10.0 Å². The minimum Gasteiger partial charge on any atom is -0.478 e. The van der Waals surface area contributed by atoms with Crippen molar-refractivity contribution in [2.24, 2.45) is 0 Å². The van der Waals surface area contributed by atoms with Crippen molar-refractivity contribution >= 4 is 16.0 Å². The van der Waals surface area contributed by atoms with Crippen LogP contribution in [0.1, 0.15) is 17.3 Å². The van der Waals surface area contributed by atoms with Crippen molar-refractivity contribution in [3.63, 3.8) is 0 Å². The summed E-state index contributed by atoms with van der Waals surface area (Å²) in [6, 6.07) is 5.00. The minimum atomic E-state index is -3.78. The summed E-state index contributed by atoms with van der Waals surface area (Å²) in [6.45, 7) is 1.32. The zero-order valence-corrected chi connectivity index (χ0v) is 9.94. The van der Waals surface area contributed by atoms with E-state index >= 15 is 0 Å². The number of nitrogens with one attached hydrogen (secondary N) is 1. The van der Waals surface area contributed by atoms with Gasteiger partial charge in [0.1, 0.15) is 0 Å². The van der Waals surface area contributed by atoms with Gasteiger partial charge in [0.05, 0.1) is 16.6 Å². The molecule has 0 radical (unpaired) electrons. The molecule has 1 aromatic carbocycles. The quantitative estimate of drug-likeness (QED) is 0.693. The van der Waals surface area contributed by atoms with Gasteiger partial charge in [0, 0.05) is 6.54 Å². The standard InChI is InChI=1S/C10H13NO5S/c1-7(12)6-11-17(15,16)9-4-2-3-8(5-9)10(13)14/h2-5,7,11-12H,6H2,1H3,(H,13,14)/t7-/m0/s1. The number of aliphatic hydroxyl groups excluding tert-OH is 1. The summed E-state index contributed by atoms with van der Waals surface area (Å²) in [5.74, 6) is -1.20. The second-order valence-electron chi connectivity index (χ2n) is 3.53. The maximum Gasteiger partial charge on any atom is 0.335 e. The topological polar surface area (TPSA) is 104 Å². The van der Waals surface area contributed by atoms with Crippen LogP contribution in [0.3, 0.4) is 0 Å². The van der Waals surface area contributed by atoms with Gasteiger partial charge in [0.15, 0.2) is 0 Å². The average Bonchev–Trinajstić information content (AvgIpc) is 2.27. The van der Waals surface area contributed by atoms with Crippen molar-refractivity contribution in [1.29, 1.82) is 0 Å². The summed E-state index contributed by atoms with van der Waals surface area (Å²) in [5, 5.41) is 17.7. The fourth-order valence-electron chi connectivity index (χ4n) is 1.11. The molecule has 1 aromatic rings. The first-order valence-electron chi connectivity index (χ1n) is 4.84. The monoisotopic (exact) mass is 259 g/mol. The predicted octanol–water partition coefficient (Wildman–Crippen LogP) is 0.0439. The molecule has 17 heavy (non-hydrogen) atoms. The van der Waals surface area contributed by atoms with Crippen molar-refractivity contribution < 1.29 is 23.4 Å². The van der Waals surface area contributed by atoms with Crippen molar-refractivity contribution in [3.8, 4) is 0 Å². The van der Waals surface area contributed by atoms with Gasteiger partial charge in [0.2, 0.25) is 10.0 Å². The van der Waals surface area contributed by atoms with E-state index in [1.165, 1.54) is 25.1 Å². The molecule has 94 valence electrons. The molecule has 0 aliphatic carbocycles. The third kappa shape index (κ3) is 3.81. The first-order chi connectivity index (χ1) is 7.83. The predicted molar refractivity (Wildman–Crippen MR) is 60.3 cm³/mol. The Kier molecular flexibility index (Phi) is 4.22. The molecule has 0 saturated carbocycles. The van der Waals surface area contributed by atoms with Gasteiger partial charge in [-0.1, -0.05) is 6.07 Å². The van der Waals surface area contributed by atoms with Gasteiger partial charge in [0.25, 0.3) is 0 Å². The van der Waals surface area contributed by atoms with E-state index in [0.29, 0.717) is 0 Å². The lowest BCUT2D eigenvalue weighted by atomic mass is 10.2. The first-order valence-corrected chi connectivity index (χ1v) is 6.32. The highest BCUT2D eigenvalue weighted by molar-refractivity contribution is 7.89. The van der Waals surface area contributed by atoms with Crippen LogP contribution in [-0.4, -0.2) is 37.2 Å². The van der Waals surface area contributed by atoms with Crippen LogP contribution < -0.4 is 4.72 Å². The minimum absolute atomic E-state index is 0.107. The summed E-state index contributed by atoms with van der Waals surface area (Å²) < 4.78 is 25.6. The zero-order chi connectivity index (χ0) is 13.1. The van der Waals surface area contributed by atoms with E-state index in [1.807, 2.05) is 0 Å². The number of aromatic carboxylic acids is 1. The summed E-state index contributed by atoms with van der Waals surface area (Å²) in [7, 11) is -3.78. The van der Waals surface area contributed by atoms with Gasteiger partial charge in [-0.05, 0) is 25.1 Å². The highest BCUT2D eigenvalue weighted by Gasteiger charge is 2.16. The van der Waals surface area contributed by atoms with E-state index in [4.69, 9.17) is 10.2 Å². The Bertz CT molecular complexity index is 509. The number of sulfonamides is 1. The Balaban J connectivity index is 2.99. The van der Waals surface area contributed by atoms with Crippen molar-refractivity contribution in [3.05, 3.63) is 29.8 Å². The molecule has 3 N–H and O–H groups in total. The molecule has 6 nitrogen and oxygen atoms in total. The normalized spacial score (nSPS) is 13.3. The molecule has 0 fully saturated rings. The zero-order valence-electron chi connectivity index (χ0n) is 9.12. The van der Waals surface area contributed by atoms with Crippen LogP contribution in [0.25, 0.3) is 0 Å². The van der Waals surface area contributed by atoms with E-state index in [2.05, 4.69) is 4.72 Å². The Morgan fingerprint density at radius 1 is 1.47 bits per heavy atom. The number of carboxylic acid groups (broad SMARTS) is 1. The smallest absolute Gasteiger partial charge is 0.335 e. The summed E-state index contributed by atoms with van der Waals surface area (Å²) >= 11 is 0. The van der Waals surface area contributed by atoms with E-state index < -0.39 is 22.1 Å². The van der Waals surface area contributed by atoms with Gasteiger partial charge in [-0.15, -0.1) is 0 Å². The fourth-order valence-corrected chi connectivity index (χ4v) is 2.28. The second-order valence-corrected chi connectivity index (χ2v) is 5.30. The van der Waals surface area contributed by atoms with Crippen LogP contribution in [0.2, 0.25) is 0 Å². The number of carbonyl (C=O) groups is 1. The van der Waals surface area contributed by atoms with Crippen LogP contribution in [0.15, 0.2) is 29.2 Å². The largest absolute Gasteiger partial charge is 0.478 e. The van der Waals surface area contributed by atoms with Gasteiger partial charge in [-0.25, -0.2) is 17.9 Å². The Morgan fingerprint density at radius 3 is 2.65 bits per heavy atom. The first kappa shape index (κ1) is 13.6. The lowest BCUT2D eigenvalue weighted by molar-refractivity contribution is 0.0696. The number of benzene rings is 1. The molecule has 0 heterocycles. The van der Waals surface area contributed by atoms with Gasteiger partial charge in [-0.3, -0.25) is 0 Å². The van der Waals surface area contributed by atoms with Gasteiger partial charge in [-0.2, -0.15) is 0 Å². The molecule has 0 saturated heterocycles. The second kappa shape index (κ2) is 5.26. The van der Waals surface area contributed by atoms with Gasteiger partial charge >= 0.3 is 5.97 Å². The van der Waals surface area contributed by atoms with Crippen molar-refractivity contribution in [2.75, 3.05) is 6.54 Å². The fraction of sp³-hybridized carbons (Fsp3) is 0.300. The number of hydrogen-bond donors (Lipinski definition) is 3. The summed E-state index contributed by atoms with van der Waals surface area (Å²) in [4.78, 5) is 10.6. The van der Waals surface area contributed by atoms with E-state index in [9.17, 15) is 13.2 Å². The SMILES string of the molecule is C[C@H](O)CNS(=O)(=O)c1cccc(C(=O)O)c1. The third-order valence-corrected chi connectivity index (χ3v) is 3.38. The molecule has 0 spiro atoms. The molecule has 1 atom stereocenters. The maximum atomic E-state index is 11.7. The van der Waals surface area contributed by atoms with Crippen LogP contribution in [0, 0.1) is 0 Å². The Hall–Kier alpha value is -1.44. The third-order valence-electron chi connectivity index (χ3n) is 1.96. The van der Waals surface area contributed by atoms with E-state index in [0.717, 1.165) is 6.07 Å². The van der Waals surface area contributed by atoms with Gasteiger partial charge < -0.3 is 10.2 Å². The molecule has 7 heteroatoms. The molecule has 0 unspecified atom stereocenters. The lowest BCUT2D eigenvalue weighted by Gasteiger charge is -2.08. The highest BCUT2D eigenvalue weighted by Crippen LogP contribution is 2.11. The summed E-state index contributed by atoms with van der Waals surface area (Å²) in [5.41, 5.74) is -0.107. The summed E-state index contributed by atoms with van der Waals surface area (Å²) in [6.07, 6.45) is -0.813. The highest BCUT2D eigenvalue weighted by atomic mass is 32.2. The molecular weight excluding hydrogens is 246 g/mol. The molecule has 0 aliphatic heterocycles. The van der Waals surface area contributed by atoms with E-state index in [1.54, 1.807) is 0 Å². The van der Waals surface area contributed by atoms with Crippen molar-refractivity contribution in [1.82, 2.24) is 4.72 Å². The maximum absolute atomic E-state index is 11.7. The lowest BCUT2D eigenvalue weighted by Crippen LogP contribution is -2.30. The molecule has 1 rings (SSSR count). The number of rotatable bonds is 5. The Morgan fingerprint density at radius 2 is 2.12 bits per heavy atom. The number of carboxylic acids is 1. The molecule has 0 aliphatic rings. The number of hydrogen-bond acceptors (Lipinski definition) is 4. The van der Waals surface area contributed by atoms with Crippen LogP contribution in [0.4, 0.5) is 0 Å². The molecule has 0 amide bonds. The molecule has 0 bridgehead atoms. The Labute approximate surface area is 99.0 Å². The van der Waals surface area contributed by atoms with Crippen LogP contribution >= 0.6 is 0 Å².